The first-order valence-electron chi connectivity index (χ1n) is 15.6. The molecule has 13 heteroatoms. The Morgan fingerprint density at radius 2 is 2.00 bits per heavy atom. The van der Waals surface area contributed by atoms with E-state index in [-0.39, 0.29) is 22.1 Å². The molecule has 0 radical (unpaired) electrons. The third-order valence-corrected chi connectivity index (χ3v) is 10.7. The molecule has 4 N–H and O–H groups in total. The van der Waals surface area contributed by atoms with Gasteiger partial charge in [0, 0.05) is 50.2 Å². The average Bonchev–Trinajstić information content (AvgIpc) is 3.66. The molecule has 2 aliphatic heterocycles. The van der Waals surface area contributed by atoms with Crippen molar-refractivity contribution in [2.75, 3.05) is 52.5 Å². The van der Waals surface area contributed by atoms with E-state index in [4.69, 9.17) is 9.47 Å². The van der Waals surface area contributed by atoms with Crippen molar-refractivity contribution in [1.82, 2.24) is 25.1 Å². The van der Waals surface area contributed by atoms with Crippen LogP contribution < -0.4 is 14.9 Å². The van der Waals surface area contributed by atoms with Crippen LogP contribution in [0.3, 0.4) is 0 Å². The van der Waals surface area contributed by atoms with E-state index in [1.165, 1.54) is 17.4 Å². The number of fused-ring (bicyclic) bond motifs is 1. The molecule has 2 saturated heterocycles. The monoisotopic (exact) mass is 667 g/mol. The van der Waals surface area contributed by atoms with Gasteiger partial charge in [-0.05, 0) is 62.4 Å². The molecule has 2 aromatic heterocycles. The van der Waals surface area contributed by atoms with Crippen LogP contribution in [0.15, 0.2) is 34.4 Å². The number of aromatic hydroxyl groups is 1. The fourth-order valence-corrected chi connectivity index (χ4v) is 7.87. The summed E-state index contributed by atoms with van der Waals surface area (Å²) in [5.74, 6) is 0.860. The molecule has 2 fully saturated rings. The number of phenolic OH excluding ortho intramolecular Hbond substituents is 1. The largest absolute Gasteiger partial charge is 0.506 e. The third kappa shape index (κ3) is 7.14. The molecular formula is C33H41N5O6S2. The quantitative estimate of drug-likeness (QED) is 0.198. The summed E-state index contributed by atoms with van der Waals surface area (Å²) in [6.07, 6.45) is 0.928. The Morgan fingerprint density at radius 3 is 2.76 bits per heavy atom. The number of hydrogen-bond acceptors (Lipinski definition) is 11. The highest BCUT2D eigenvalue weighted by molar-refractivity contribution is 7.16. The van der Waals surface area contributed by atoms with Crippen molar-refractivity contribution in [2.24, 2.45) is 0 Å². The topological polar surface area (TPSA) is 140 Å². The summed E-state index contributed by atoms with van der Waals surface area (Å²) in [6.45, 7) is 11.8. The maximum absolute atomic E-state index is 13.0. The Labute approximate surface area is 275 Å². The maximum Gasteiger partial charge on any atom is 0.305 e. The van der Waals surface area contributed by atoms with Crippen molar-refractivity contribution < 1.29 is 24.5 Å². The molecule has 2 aliphatic rings. The number of carbonyl (C=O) groups is 1. The Hall–Kier alpha value is -3.33. The number of aliphatic hydroxyl groups excluding tert-OH is 1. The average molecular weight is 668 g/mol. The molecule has 11 nitrogen and oxygen atoms in total. The van der Waals surface area contributed by atoms with Gasteiger partial charge in [-0.25, -0.2) is 4.98 Å². The van der Waals surface area contributed by atoms with Crippen LogP contribution in [-0.2, 0) is 11.3 Å². The smallest absolute Gasteiger partial charge is 0.305 e. The van der Waals surface area contributed by atoms with Gasteiger partial charge in [-0.2, -0.15) is 0 Å². The molecule has 6 rings (SSSR count). The molecule has 1 amide bonds. The summed E-state index contributed by atoms with van der Waals surface area (Å²) in [7, 11) is 0. The Balaban J connectivity index is 0.957. The number of aryl methyl sites for hydroxylation is 3. The zero-order chi connectivity index (χ0) is 32.4. The lowest BCUT2D eigenvalue weighted by molar-refractivity contribution is -0.127. The molecule has 0 unspecified atom stereocenters. The number of H-pyrrole nitrogens is 1. The molecule has 0 bridgehead atoms. The number of aromatic nitrogens is 2. The molecule has 1 atom stereocenters. The van der Waals surface area contributed by atoms with Crippen LogP contribution in [0.1, 0.15) is 56.7 Å². The lowest BCUT2D eigenvalue weighted by atomic mass is 9.89. The van der Waals surface area contributed by atoms with Gasteiger partial charge in [0.2, 0.25) is 0 Å². The number of nitrogens with zero attached hydrogens (tertiary/aromatic N) is 3. The van der Waals surface area contributed by atoms with E-state index in [9.17, 15) is 19.8 Å². The Morgan fingerprint density at radius 1 is 1.20 bits per heavy atom. The molecule has 46 heavy (non-hydrogen) atoms. The van der Waals surface area contributed by atoms with E-state index in [0.717, 1.165) is 71.3 Å². The highest BCUT2D eigenvalue weighted by atomic mass is 32.1. The molecule has 4 aromatic rings. The zero-order valence-corrected chi connectivity index (χ0v) is 28.1. The van der Waals surface area contributed by atoms with Crippen molar-refractivity contribution in [3.63, 3.8) is 0 Å². The minimum Gasteiger partial charge on any atom is -0.506 e. The Kier molecular flexibility index (Phi) is 9.78. The molecular weight excluding hydrogens is 627 g/mol. The van der Waals surface area contributed by atoms with Crippen molar-refractivity contribution in [1.29, 1.82) is 0 Å². The van der Waals surface area contributed by atoms with Gasteiger partial charge >= 0.3 is 4.87 Å². The highest BCUT2D eigenvalue weighted by Gasteiger charge is 2.41. The first-order valence-corrected chi connectivity index (χ1v) is 17.3. The number of nitrogens with one attached hydrogen (secondary N) is 2. The molecule has 0 aliphatic carbocycles. The number of amides is 1. The fourth-order valence-electron chi connectivity index (χ4n) is 6.36. The van der Waals surface area contributed by atoms with Crippen molar-refractivity contribution in [2.45, 2.75) is 51.9 Å². The third-order valence-electron chi connectivity index (χ3n) is 9.04. The molecule has 2 aromatic carbocycles. The molecule has 246 valence electrons. The summed E-state index contributed by atoms with van der Waals surface area (Å²) >= 11 is 2.49. The van der Waals surface area contributed by atoms with Gasteiger partial charge in [-0.3, -0.25) is 14.5 Å². The minimum absolute atomic E-state index is 0.000510. The van der Waals surface area contributed by atoms with E-state index < -0.39 is 6.10 Å². The standard InChI is InChI=1S/C33H41N5O6S2/c1-20-15-28(21(2)14-23(20)16-34-17-27(40)24-4-5-26(39)29-30(24)46-32(42)36-29)43-12-10-37-8-6-33(7-9-37)19-38(11-13-44-33)31(41)25-18-45-22(3)35-25/h4-5,14-15,18,27,34,39-40H,6-13,16-17,19H2,1-3H3,(H,36,42)/t27-/m0/s1. The molecule has 0 saturated carbocycles. The summed E-state index contributed by atoms with van der Waals surface area (Å²) in [6, 6.07) is 7.33. The van der Waals surface area contributed by atoms with E-state index in [0.29, 0.717) is 60.9 Å². The number of likely N-dealkylation sites (tertiary alicyclic amines) is 1. The summed E-state index contributed by atoms with van der Waals surface area (Å²) in [5, 5.41) is 26.9. The minimum atomic E-state index is -0.831. The number of hydrogen-bond donors (Lipinski definition) is 4. The van der Waals surface area contributed by atoms with Crippen molar-refractivity contribution >= 4 is 38.8 Å². The predicted octanol–water partition coefficient (Wildman–Crippen LogP) is 3.89. The van der Waals surface area contributed by atoms with Crippen LogP contribution in [-0.4, -0.2) is 94.0 Å². The number of rotatable bonds is 10. The molecule has 1 spiro atoms. The van der Waals surface area contributed by atoms with Crippen LogP contribution in [0.5, 0.6) is 11.5 Å². The summed E-state index contributed by atoms with van der Waals surface area (Å²) in [4.78, 5) is 35.9. The number of aliphatic hydroxyl groups is 1. The van der Waals surface area contributed by atoms with Crippen molar-refractivity contribution in [3.8, 4) is 11.5 Å². The lowest BCUT2D eigenvalue weighted by Gasteiger charge is -2.47. The van der Waals surface area contributed by atoms with E-state index >= 15 is 0 Å². The SMILES string of the molecule is Cc1nc(C(=O)N2CCOC3(CCN(CCOc4cc(C)c(CNC[C@H](O)c5ccc(O)c6[nH]c(=O)sc56)cc4C)CC3)C2)cs1. The number of carbonyl (C=O) groups excluding carboxylic acids is 1. The van der Waals surface area contributed by atoms with Crippen LogP contribution in [0.4, 0.5) is 0 Å². The van der Waals surface area contributed by atoms with Gasteiger partial charge in [0.05, 0.1) is 34.6 Å². The van der Waals surface area contributed by atoms with Crippen LogP contribution in [0, 0.1) is 20.8 Å². The number of piperidine rings is 1. The normalized spacial score (nSPS) is 17.5. The molecule has 4 heterocycles. The number of ether oxygens (including phenoxy) is 2. The van der Waals surface area contributed by atoms with Gasteiger partial charge in [-0.15, -0.1) is 11.3 Å². The second kappa shape index (κ2) is 13.8. The summed E-state index contributed by atoms with van der Waals surface area (Å²) < 4.78 is 13.1. The number of benzene rings is 2. The number of thiazole rings is 2. The van der Waals surface area contributed by atoms with Crippen molar-refractivity contribution in [3.05, 3.63) is 72.3 Å². The summed E-state index contributed by atoms with van der Waals surface area (Å²) in [5.41, 5.74) is 4.47. The number of aromatic amines is 1. The second-order valence-corrected chi connectivity index (χ2v) is 14.3. The van der Waals surface area contributed by atoms with Crippen LogP contribution in [0.2, 0.25) is 0 Å². The van der Waals surface area contributed by atoms with E-state index in [1.54, 1.807) is 6.07 Å². The fraction of sp³-hybridized carbons (Fsp3) is 0.485. The number of morpholine rings is 1. The van der Waals surface area contributed by atoms with E-state index in [1.807, 2.05) is 24.1 Å². The second-order valence-electron chi connectivity index (χ2n) is 12.3. The van der Waals surface area contributed by atoms with E-state index in [2.05, 4.69) is 39.2 Å². The van der Waals surface area contributed by atoms with Gasteiger partial charge in [-0.1, -0.05) is 23.5 Å². The Bertz CT molecular complexity index is 1760. The van der Waals surface area contributed by atoms with Gasteiger partial charge in [0.1, 0.15) is 29.3 Å². The highest BCUT2D eigenvalue weighted by Crippen LogP contribution is 2.32. The van der Waals surface area contributed by atoms with Crippen LogP contribution in [0.25, 0.3) is 10.2 Å². The lowest BCUT2D eigenvalue weighted by Crippen LogP contribution is -2.58. The zero-order valence-electron chi connectivity index (χ0n) is 26.4. The first kappa shape index (κ1) is 32.6. The number of phenols is 1. The van der Waals surface area contributed by atoms with Gasteiger partial charge < -0.3 is 34.9 Å². The van der Waals surface area contributed by atoms with Gasteiger partial charge in [0.15, 0.2) is 0 Å². The van der Waals surface area contributed by atoms with Gasteiger partial charge in [0.25, 0.3) is 5.91 Å². The first-order chi connectivity index (χ1) is 22.1. The van der Waals surface area contributed by atoms with Crippen LogP contribution >= 0.6 is 22.7 Å². The predicted molar refractivity (Wildman–Crippen MR) is 179 cm³/mol. The maximum atomic E-state index is 13.0.